The van der Waals surface area contributed by atoms with Gasteiger partial charge < -0.3 is 28.7 Å². The topological polar surface area (TPSA) is 92.1 Å². The minimum atomic E-state index is -0.318. The lowest BCUT2D eigenvalue weighted by molar-refractivity contribution is -0.111. The summed E-state index contributed by atoms with van der Waals surface area (Å²) in [6, 6.07) is 8.77. The number of nitrogens with one attached hydrogen (secondary N) is 1. The molecule has 0 saturated heterocycles. The number of carbonyl (C=O) groups excluding carboxylic acids is 1. The number of benzene rings is 2. The number of aromatic nitrogens is 1. The average Bonchev–Trinajstić information content (AvgIpc) is 3.31. The maximum absolute atomic E-state index is 12.4. The van der Waals surface area contributed by atoms with Crippen LogP contribution in [0.3, 0.4) is 0 Å². The smallest absolute Gasteiger partial charge is 0.248 e. The SMILES string of the molecule is COc1cc(NC(=O)C=Cc2ccc(OC)c(OC)c2OC)ccc1-c1cnco1. The van der Waals surface area contributed by atoms with Crippen LogP contribution in [0.25, 0.3) is 17.4 Å². The van der Waals surface area contributed by atoms with Gasteiger partial charge in [-0.25, -0.2) is 4.98 Å². The second-order valence-electron chi connectivity index (χ2n) is 6.03. The molecule has 1 heterocycles. The van der Waals surface area contributed by atoms with Gasteiger partial charge in [0.15, 0.2) is 23.7 Å². The molecule has 0 spiro atoms. The predicted molar refractivity (Wildman–Crippen MR) is 112 cm³/mol. The number of nitrogens with zero attached hydrogens (tertiary/aromatic N) is 1. The second-order valence-corrected chi connectivity index (χ2v) is 6.03. The third-order valence-electron chi connectivity index (χ3n) is 4.32. The number of oxazole rings is 1. The molecule has 0 saturated carbocycles. The Morgan fingerprint density at radius 1 is 0.967 bits per heavy atom. The van der Waals surface area contributed by atoms with E-state index in [4.69, 9.17) is 23.4 Å². The van der Waals surface area contributed by atoms with E-state index in [1.54, 1.807) is 56.8 Å². The predicted octanol–water partition coefficient (Wildman–Crippen LogP) is 4.03. The van der Waals surface area contributed by atoms with Crippen molar-refractivity contribution < 1.29 is 28.2 Å². The molecular formula is C22H22N2O6. The second kappa shape index (κ2) is 9.51. The largest absolute Gasteiger partial charge is 0.496 e. The molecule has 0 aliphatic rings. The summed E-state index contributed by atoms with van der Waals surface area (Å²) in [7, 11) is 6.14. The van der Waals surface area contributed by atoms with Crippen LogP contribution >= 0.6 is 0 Å². The molecule has 8 nitrogen and oxygen atoms in total. The van der Waals surface area contributed by atoms with Crippen LogP contribution < -0.4 is 24.3 Å². The fraction of sp³-hybridized carbons (Fsp3) is 0.182. The van der Waals surface area contributed by atoms with Crippen LogP contribution in [-0.2, 0) is 4.79 Å². The van der Waals surface area contributed by atoms with E-state index in [0.717, 1.165) is 5.56 Å². The number of carbonyl (C=O) groups is 1. The van der Waals surface area contributed by atoms with Gasteiger partial charge in [0.2, 0.25) is 11.7 Å². The third kappa shape index (κ3) is 4.38. The Hall–Kier alpha value is -3.94. The average molecular weight is 410 g/mol. The van der Waals surface area contributed by atoms with Crippen molar-refractivity contribution in [1.82, 2.24) is 4.98 Å². The molecule has 0 bridgehead atoms. The van der Waals surface area contributed by atoms with Gasteiger partial charge in [-0.1, -0.05) is 0 Å². The minimum Gasteiger partial charge on any atom is -0.496 e. The van der Waals surface area contributed by atoms with Crippen molar-refractivity contribution >= 4 is 17.7 Å². The van der Waals surface area contributed by atoms with Crippen molar-refractivity contribution in [2.75, 3.05) is 33.8 Å². The Balaban J connectivity index is 1.78. The standard InChI is InChI=1S/C22H22N2O6/c1-26-17-9-5-14(21(28-3)22(17)29-4)6-10-20(25)24-15-7-8-16(18(11-15)27-2)19-12-23-13-30-19/h5-13H,1-4H3,(H,24,25). The fourth-order valence-electron chi connectivity index (χ4n) is 2.93. The summed E-state index contributed by atoms with van der Waals surface area (Å²) in [5, 5.41) is 2.80. The van der Waals surface area contributed by atoms with Crippen molar-refractivity contribution in [3.8, 4) is 34.3 Å². The molecule has 2 aromatic carbocycles. The molecule has 0 aliphatic carbocycles. The van der Waals surface area contributed by atoms with E-state index in [1.807, 2.05) is 0 Å². The normalized spacial score (nSPS) is 10.7. The van der Waals surface area contributed by atoms with E-state index in [-0.39, 0.29) is 5.91 Å². The highest BCUT2D eigenvalue weighted by Gasteiger charge is 2.15. The summed E-state index contributed by atoms with van der Waals surface area (Å²) in [4.78, 5) is 16.3. The van der Waals surface area contributed by atoms with E-state index in [0.29, 0.717) is 40.0 Å². The van der Waals surface area contributed by atoms with Gasteiger partial charge >= 0.3 is 0 Å². The Morgan fingerprint density at radius 3 is 2.37 bits per heavy atom. The number of rotatable bonds is 8. The number of hydrogen-bond donors (Lipinski definition) is 1. The quantitative estimate of drug-likeness (QED) is 0.561. The first kappa shape index (κ1) is 20.8. The van der Waals surface area contributed by atoms with E-state index in [9.17, 15) is 4.79 Å². The van der Waals surface area contributed by atoms with E-state index >= 15 is 0 Å². The Morgan fingerprint density at radius 2 is 1.73 bits per heavy atom. The van der Waals surface area contributed by atoms with Gasteiger partial charge in [-0.3, -0.25) is 4.79 Å². The molecule has 0 atom stereocenters. The van der Waals surface area contributed by atoms with Crippen LogP contribution in [0, 0.1) is 0 Å². The van der Waals surface area contributed by atoms with E-state index in [2.05, 4.69) is 10.3 Å². The number of hydrogen-bond acceptors (Lipinski definition) is 7. The molecule has 1 N–H and O–H groups in total. The first-order chi connectivity index (χ1) is 14.6. The number of amides is 1. The molecule has 3 aromatic rings. The number of anilines is 1. The summed E-state index contributed by atoms with van der Waals surface area (Å²) < 4.78 is 26.8. The van der Waals surface area contributed by atoms with Crippen molar-refractivity contribution in [3.05, 3.63) is 54.6 Å². The first-order valence-electron chi connectivity index (χ1n) is 8.96. The molecule has 30 heavy (non-hydrogen) atoms. The third-order valence-corrected chi connectivity index (χ3v) is 4.32. The Kier molecular flexibility index (Phi) is 6.59. The van der Waals surface area contributed by atoms with Gasteiger partial charge in [0, 0.05) is 23.4 Å². The maximum atomic E-state index is 12.4. The van der Waals surface area contributed by atoms with Crippen molar-refractivity contribution in [2.24, 2.45) is 0 Å². The summed E-state index contributed by atoms with van der Waals surface area (Å²) in [5.41, 5.74) is 1.98. The molecule has 0 unspecified atom stereocenters. The molecule has 1 aromatic heterocycles. The van der Waals surface area contributed by atoms with Crippen LogP contribution in [0.4, 0.5) is 5.69 Å². The number of methoxy groups -OCH3 is 4. The first-order valence-corrected chi connectivity index (χ1v) is 8.96. The van der Waals surface area contributed by atoms with Crippen molar-refractivity contribution in [1.29, 1.82) is 0 Å². The molecular weight excluding hydrogens is 388 g/mol. The van der Waals surface area contributed by atoms with Crippen molar-refractivity contribution in [3.63, 3.8) is 0 Å². The van der Waals surface area contributed by atoms with Crippen LogP contribution in [0.5, 0.6) is 23.0 Å². The fourth-order valence-corrected chi connectivity index (χ4v) is 2.93. The molecule has 0 radical (unpaired) electrons. The highest BCUT2D eigenvalue weighted by atomic mass is 16.5. The van der Waals surface area contributed by atoms with E-state index < -0.39 is 0 Å². The zero-order valence-electron chi connectivity index (χ0n) is 17.1. The molecule has 0 aliphatic heterocycles. The minimum absolute atomic E-state index is 0.318. The molecule has 1 amide bonds. The molecule has 8 heteroatoms. The monoisotopic (exact) mass is 410 g/mol. The van der Waals surface area contributed by atoms with Crippen LogP contribution in [0.1, 0.15) is 5.56 Å². The van der Waals surface area contributed by atoms with Crippen LogP contribution in [0.2, 0.25) is 0 Å². The van der Waals surface area contributed by atoms with Crippen LogP contribution in [0.15, 0.2) is 53.4 Å². The lowest BCUT2D eigenvalue weighted by Gasteiger charge is -2.14. The molecule has 156 valence electrons. The van der Waals surface area contributed by atoms with Gasteiger partial charge in [0.25, 0.3) is 0 Å². The van der Waals surface area contributed by atoms with Gasteiger partial charge in [-0.15, -0.1) is 0 Å². The summed E-state index contributed by atoms with van der Waals surface area (Å²) in [5.74, 6) is 2.27. The lowest BCUT2D eigenvalue weighted by Crippen LogP contribution is -2.08. The van der Waals surface area contributed by atoms with Gasteiger partial charge in [-0.05, 0) is 30.3 Å². The summed E-state index contributed by atoms with van der Waals surface area (Å²) in [6.45, 7) is 0. The summed E-state index contributed by atoms with van der Waals surface area (Å²) >= 11 is 0. The highest BCUT2D eigenvalue weighted by molar-refractivity contribution is 6.02. The highest BCUT2D eigenvalue weighted by Crippen LogP contribution is 2.40. The van der Waals surface area contributed by atoms with Gasteiger partial charge in [0.1, 0.15) is 5.75 Å². The summed E-state index contributed by atoms with van der Waals surface area (Å²) in [6.07, 6.45) is 5.98. The lowest BCUT2D eigenvalue weighted by atomic mass is 10.1. The molecule has 3 rings (SSSR count). The van der Waals surface area contributed by atoms with Crippen molar-refractivity contribution in [2.45, 2.75) is 0 Å². The van der Waals surface area contributed by atoms with Gasteiger partial charge in [-0.2, -0.15) is 0 Å². The van der Waals surface area contributed by atoms with E-state index in [1.165, 1.54) is 26.7 Å². The Labute approximate surface area is 174 Å². The zero-order valence-corrected chi connectivity index (χ0v) is 17.1. The molecule has 0 fully saturated rings. The maximum Gasteiger partial charge on any atom is 0.248 e. The number of ether oxygens (including phenoxy) is 4. The zero-order chi connectivity index (χ0) is 21.5. The van der Waals surface area contributed by atoms with Gasteiger partial charge in [0.05, 0.1) is 40.2 Å². The Bertz CT molecular complexity index is 1040. The van der Waals surface area contributed by atoms with Crippen LogP contribution in [-0.4, -0.2) is 39.3 Å².